The SMILES string of the molecule is COc1ccc(C(=O)N(CC(=O)Nc2nc(CC(=O)N3CCN(c4cccc(C(F)(F)F)c4)CC3)cs2)C(C)C)cc1. The van der Waals surface area contributed by atoms with E-state index >= 15 is 0 Å². The van der Waals surface area contributed by atoms with Crippen molar-refractivity contribution in [1.82, 2.24) is 14.8 Å². The van der Waals surface area contributed by atoms with Crippen LogP contribution in [0.2, 0.25) is 0 Å². The Bertz CT molecular complexity index is 1400. The van der Waals surface area contributed by atoms with Crippen LogP contribution in [-0.4, -0.2) is 78.4 Å². The lowest BCUT2D eigenvalue weighted by molar-refractivity contribution is -0.137. The van der Waals surface area contributed by atoms with Crippen LogP contribution < -0.4 is 15.0 Å². The van der Waals surface area contributed by atoms with E-state index in [9.17, 15) is 27.6 Å². The Balaban J connectivity index is 1.28. The summed E-state index contributed by atoms with van der Waals surface area (Å²) in [6.45, 7) is 5.03. The Morgan fingerprint density at radius 2 is 1.76 bits per heavy atom. The summed E-state index contributed by atoms with van der Waals surface area (Å²) < 4.78 is 44.3. The van der Waals surface area contributed by atoms with E-state index in [1.165, 1.54) is 29.4 Å². The van der Waals surface area contributed by atoms with E-state index in [1.54, 1.807) is 40.6 Å². The number of hydrogen-bond donors (Lipinski definition) is 1. The third kappa shape index (κ3) is 7.78. The van der Waals surface area contributed by atoms with E-state index < -0.39 is 17.6 Å². The van der Waals surface area contributed by atoms with Crippen LogP contribution in [0.25, 0.3) is 0 Å². The number of anilines is 2. The molecule has 1 aromatic heterocycles. The van der Waals surface area contributed by atoms with Gasteiger partial charge in [-0.15, -0.1) is 11.3 Å². The zero-order valence-electron chi connectivity index (χ0n) is 23.5. The number of nitrogens with zero attached hydrogens (tertiary/aromatic N) is 4. The maximum atomic E-state index is 13.1. The van der Waals surface area contributed by atoms with Gasteiger partial charge in [-0.1, -0.05) is 6.07 Å². The van der Waals surface area contributed by atoms with Crippen molar-refractivity contribution in [1.29, 1.82) is 0 Å². The molecule has 0 spiro atoms. The summed E-state index contributed by atoms with van der Waals surface area (Å²) in [6, 6.07) is 11.6. The molecule has 0 radical (unpaired) electrons. The lowest BCUT2D eigenvalue weighted by atomic mass is 10.1. The summed E-state index contributed by atoms with van der Waals surface area (Å²) in [5, 5.41) is 4.71. The molecule has 1 aliphatic heterocycles. The van der Waals surface area contributed by atoms with Crippen molar-refractivity contribution in [2.75, 3.05) is 50.1 Å². The van der Waals surface area contributed by atoms with Crippen LogP contribution in [0.3, 0.4) is 0 Å². The molecule has 224 valence electrons. The van der Waals surface area contributed by atoms with E-state index in [-0.39, 0.29) is 30.8 Å². The Hall–Kier alpha value is -4.13. The predicted octanol–water partition coefficient (Wildman–Crippen LogP) is 4.55. The maximum Gasteiger partial charge on any atom is 0.416 e. The molecule has 0 saturated carbocycles. The molecule has 1 saturated heterocycles. The van der Waals surface area contributed by atoms with Gasteiger partial charge < -0.3 is 24.8 Å². The van der Waals surface area contributed by atoms with Gasteiger partial charge >= 0.3 is 6.18 Å². The third-order valence-electron chi connectivity index (χ3n) is 6.84. The topological polar surface area (TPSA) is 95.1 Å². The normalized spacial score (nSPS) is 13.7. The minimum Gasteiger partial charge on any atom is -0.497 e. The molecule has 1 N–H and O–H groups in total. The number of carbonyl (C=O) groups excluding carboxylic acids is 3. The van der Waals surface area contributed by atoms with Gasteiger partial charge in [-0.25, -0.2) is 4.98 Å². The molecule has 3 aromatic rings. The zero-order chi connectivity index (χ0) is 30.4. The number of aromatic nitrogens is 1. The second kappa shape index (κ2) is 13.2. The molecule has 9 nitrogen and oxygen atoms in total. The number of benzene rings is 2. The van der Waals surface area contributed by atoms with Crippen LogP contribution in [0.1, 0.15) is 35.5 Å². The van der Waals surface area contributed by atoms with Crippen molar-refractivity contribution < 1.29 is 32.3 Å². The van der Waals surface area contributed by atoms with Crippen molar-refractivity contribution in [3.8, 4) is 5.75 Å². The number of rotatable bonds is 9. The van der Waals surface area contributed by atoms with Gasteiger partial charge in [0.1, 0.15) is 12.3 Å². The fourth-order valence-corrected chi connectivity index (χ4v) is 5.23. The molecular weight excluding hydrogens is 571 g/mol. The highest BCUT2D eigenvalue weighted by molar-refractivity contribution is 7.13. The Morgan fingerprint density at radius 3 is 2.38 bits per heavy atom. The molecule has 2 aromatic carbocycles. The molecule has 3 amide bonds. The van der Waals surface area contributed by atoms with E-state index in [0.717, 1.165) is 12.1 Å². The minimum atomic E-state index is -4.41. The smallest absolute Gasteiger partial charge is 0.416 e. The molecule has 13 heteroatoms. The molecule has 2 heterocycles. The van der Waals surface area contributed by atoms with Crippen molar-refractivity contribution in [2.24, 2.45) is 0 Å². The van der Waals surface area contributed by atoms with Gasteiger partial charge in [0.05, 0.1) is 24.8 Å². The van der Waals surface area contributed by atoms with Crippen LogP contribution in [0.15, 0.2) is 53.9 Å². The highest BCUT2D eigenvalue weighted by Crippen LogP contribution is 2.32. The monoisotopic (exact) mass is 603 g/mol. The summed E-state index contributed by atoms with van der Waals surface area (Å²) in [4.78, 5) is 48.0. The average molecular weight is 604 g/mol. The second-order valence-electron chi connectivity index (χ2n) is 10.0. The maximum absolute atomic E-state index is 13.1. The standard InChI is InChI=1S/C29H32F3N5O4S/c1-19(2)37(27(40)20-7-9-24(41-3)10-8-20)17-25(38)34-28-33-22(18-42-28)16-26(39)36-13-11-35(12-14-36)23-6-4-5-21(15-23)29(30,31)32/h4-10,15,18-19H,11-14,16-17H2,1-3H3,(H,33,34,38). The van der Waals surface area contributed by atoms with Gasteiger partial charge in [-0.2, -0.15) is 13.2 Å². The zero-order valence-corrected chi connectivity index (χ0v) is 24.3. The Labute approximate surface area is 245 Å². The number of halogens is 3. The number of piperazine rings is 1. The van der Waals surface area contributed by atoms with Crippen molar-refractivity contribution in [3.63, 3.8) is 0 Å². The van der Waals surface area contributed by atoms with E-state index in [1.807, 2.05) is 18.7 Å². The minimum absolute atomic E-state index is 0.0317. The van der Waals surface area contributed by atoms with E-state index in [0.29, 0.717) is 54.0 Å². The molecule has 4 rings (SSSR count). The number of carbonyl (C=O) groups is 3. The van der Waals surface area contributed by atoms with Gasteiger partial charge in [-0.3, -0.25) is 14.4 Å². The van der Waals surface area contributed by atoms with Crippen LogP contribution in [0, 0.1) is 0 Å². The average Bonchev–Trinajstić information content (AvgIpc) is 3.41. The molecule has 42 heavy (non-hydrogen) atoms. The quantitative estimate of drug-likeness (QED) is 0.386. The van der Waals surface area contributed by atoms with Gasteiger partial charge in [0, 0.05) is 48.9 Å². The first-order valence-corrected chi connectivity index (χ1v) is 14.2. The number of alkyl halides is 3. The van der Waals surface area contributed by atoms with E-state index in [2.05, 4.69) is 10.3 Å². The van der Waals surface area contributed by atoms with Gasteiger partial charge in [0.25, 0.3) is 5.91 Å². The first kappa shape index (κ1) is 30.8. The van der Waals surface area contributed by atoms with Crippen LogP contribution >= 0.6 is 11.3 Å². The number of methoxy groups -OCH3 is 1. The second-order valence-corrected chi connectivity index (χ2v) is 10.9. The number of ether oxygens (including phenoxy) is 1. The molecule has 1 aliphatic rings. The van der Waals surface area contributed by atoms with Crippen LogP contribution in [0.4, 0.5) is 24.0 Å². The molecule has 0 bridgehead atoms. The summed E-state index contributed by atoms with van der Waals surface area (Å²) in [5.74, 6) is -0.237. The number of nitrogens with one attached hydrogen (secondary N) is 1. The lowest BCUT2D eigenvalue weighted by Gasteiger charge is -2.36. The van der Waals surface area contributed by atoms with Crippen molar-refractivity contribution in [3.05, 3.63) is 70.7 Å². The van der Waals surface area contributed by atoms with E-state index in [4.69, 9.17) is 4.74 Å². The van der Waals surface area contributed by atoms with Gasteiger partial charge in [-0.05, 0) is 56.3 Å². The number of amides is 3. The Morgan fingerprint density at radius 1 is 1.07 bits per heavy atom. The molecular formula is C29H32F3N5O4S. The fourth-order valence-electron chi connectivity index (χ4n) is 4.51. The number of thiazole rings is 1. The third-order valence-corrected chi connectivity index (χ3v) is 7.64. The fraction of sp³-hybridized carbons (Fsp3) is 0.379. The van der Waals surface area contributed by atoms with Crippen molar-refractivity contribution in [2.45, 2.75) is 32.5 Å². The summed E-state index contributed by atoms with van der Waals surface area (Å²) in [6.07, 6.45) is -4.38. The molecule has 1 fully saturated rings. The largest absolute Gasteiger partial charge is 0.497 e. The van der Waals surface area contributed by atoms with Crippen LogP contribution in [0.5, 0.6) is 5.75 Å². The summed E-state index contributed by atoms with van der Waals surface area (Å²) in [7, 11) is 1.54. The predicted molar refractivity (Wildman–Crippen MR) is 154 cm³/mol. The molecule has 0 aliphatic carbocycles. The number of hydrogen-bond acceptors (Lipinski definition) is 7. The first-order chi connectivity index (χ1) is 19.9. The summed E-state index contributed by atoms with van der Waals surface area (Å²) in [5.41, 5.74) is 0.697. The lowest BCUT2D eigenvalue weighted by Crippen LogP contribution is -2.49. The van der Waals surface area contributed by atoms with Crippen LogP contribution in [-0.2, 0) is 22.2 Å². The molecule has 0 unspecified atom stereocenters. The highest BCUT2D eigenvalue weighted by Gasteiger charge is 2.31. The highest BCUT2D eigenvalue weighted by atomic mass is 32.1. The first-order valence-electron chi connectivity index (χ1n) is 13.3. The van der Waals surface area contributed by atoms with Gasteiger partial charge in [0.2, 0.25) is 11.8 Å². The van der Waals surface area contributed by atoms with Crippen molar-refractivity contribution >= 4 is 39.9 Å². The Kier molecular flexibility index (Phi) is 9.71. The van der Waals surface area contributed by atoms with Gasteiger partial charge in [0.15, 0.2) is 5.13 Å². The summed E-state index contributed by atoms with van der Waals surface area (Å²) >= 11 is 1.18. The molecule has 0 atom stereocenters.